The maximum atomic E-state index is 12.7. The predicted octanol–water partition coefficient (Wildman–Crippen LogP) is 0.344. The average molecular weight is 370 g/mol. The molecule has 0 atom stereocenters. The van der Waals surface area contributed by atoms with E-state index in [0.29, 0.717) is 24.5 Å². The largest absolute Gasteiger partial charge is 0.482 e. The highest BCUT2D eigenvalue weighted by atomic mass is 32.2. The summed E-state index contributed by atoms with van der Waals surface area (Å²) in [5.74, 6) is -0.719. The summed E-state index contributed by atoms with van der Waals surface area (Å²) in [6.45, 7) is 0.665. The van der Waals surface area contributed by atoms with Gasteiger partial charge in [-0.2, -0.15) is 0 Å². The Bertz CT molecular complexity index is 741. The monoisotopic (exact) mass is 370 g/mol. The zero-order chi connectivity index (χ0) is 18.5. The molecule has 1 aromatic carbocycles. The second-order valence-electron chi connectivity index (χ2n) is 5.86. The summed E-state index contributed by atoms with van der Waals surface area (Å²) in [6.07, 6.45) is 1.53. The Morgan fingerprint density at radius 2 is 1.96 bits per heavy atom. The Balaban J connectivity index is 2.15. The summed E-state index contributed by atoms with van der Waals surface area (Å²) >= 11 is 0. The molecule has 2 N–H and O–H groups in total. The van der Waals surface area contributed by atoms with Crippen LogP contribution in [0.5, 0.6) is 5.75 Å². The van der Waals surface area contributed by atoms with Crippen molar-refractivity contribution in [2.45, 2.75) is 17.6 Å². The third-order valence-electron chi connectivity index (χ3n) is 4.21. The van der Waals surface area contributed by atoms with E-state index < -0.39 is 26.5 Å². The number of amides is 1. The van der Waals surface area contributed by atoms with E-state index in [2.05, 4.69) is 15.4 Å². The fourth-order valence-corrected chi connectivity index (χ4v) is 4.04. The molecular weight excluding hydrogens is 348 g/mol. The molecule has 9 heteroatoms. The molecule has 0 spiro atoms. The quantitative estimate of drug-likeness (QED) is 0.695. The highest BCUT2D eigenvalue weighted by molar-refractivity contribution is 7.92. The summed E-state index contributed by atoms with van der Waals surface area (Å²) in [5.41, 5.74) is 0.397. The highest BCUT2D eigenvalue weighted by Crippen LogP contribution is 2.30. The van der Waals surface area contributed by atoms with Crippen molar-refractivity contribution in [2.24, 2.45) is 0 Å². The van der Waals surface area contributed by atoms with Gasteiger partial charge in [0.1, 0.15) is 5.75 Å². The van der Waals surface area contributed by atoms with Crippen LogP contribution >= 0.6 is 0 Å². The van der Waals surface area contributed by atoms with E-state index in [0.717, 1.165) is 6.26 Å². The second kappa shape index (κ2) is 7.83. The molecule has 0 unspecified atom stereocenters. The van der Waals surface area contributed by atoms with Gasteiger partial charge < -0.3 is 20.1 Å². The molecule has 1 heterocycles. The molecule has 8 nitrogen and oxygen atoms in total. The number of carbonyl (C=O) groups is 2. The normalized spacial score (nSPS) is 16.7. The van der Waals surface area contributed by atoms with Gasteiger partial charge in [-0.05, 0) is 38.1 Å². The van der Waals surface area contributed by atoms with Crippen molar-refractivity contribution < 1.29 is 27.5 Å². The lowest BCUT2D eigenvalue weighted by Gasteiger charge is -2.34. The number of rotatable bonds is 6. The first-order valence-electron chi connectivity index (χ1n) is 7.80. The zero-order valence-electron chi connectivity index (χ0n) is 14.2. The van der Waals surface area contributed by atoms with E-state index in [9.17, 15) is 18.0 Å². The molecule has 0 saturated carbocycles. The molecule has 0 radical (unpaired) electrons. The van der Waals surface area contributed by atoms with E-state index in [1.807, 2.05) is 0 Å². The molecule has 1 aliphatic heterocycles. The molecule has 1 fully saturated rings. The molecule has 2 rings (SSSR count). The SMILES string of the molecule is COC(=O)COc1cccc(NC(=O)C2(S(C)(=O)=O)CCNCC2)c1. The molecule has 1 aliphatic rings. The molecule has 1 amide bonds. The minimum atomic E-state index is -3.59. The van der Waals surface area contributed by atoms with E-state index in [1.54, 1.807) is 18.2 Å². The van der Waals surface area contributed by atoms with Crippen LogP contribution in [-0.2, 0) is 24.2 Å². The standard InChI is InChI=1S/C16H22N2O6S/c1-23-14(19)11-24-13-5-3-4-12(10-13)18-15(20)16(25(2,21)22)6-8-17-9-7-16/h3-5,10,17H,6-9,11H2,1-2H3,(H,18,20). The summed E-state index contributed by atoms with van der Waals surface area (Å²) in [5, 5.41) is 5.72. The molecule has 0 bridgehead atoms. The van der Waals surface area contributed by atoms with Crippen molar-refractivity contribution in [1.82, 2.24) is 5.32 Å². The Hall–Kier alpha value is -2.13. The third kappa shape index (κ3) is 4.49. The minimum absolute atomic E-state index is 0.218. The third-order valence-corrected chi connectivity index (χ3v) is 6.22. The van der Waals surface area contributed by atoms with Crippen LogP contribution in [0, 0.1) is 0 Å². The number of sulfone groups is 1. The Morgan fingerprint density at radius 3 is 2.56 bits per heavy atom. The van der Waals surface area contributed by atoms with Crippen LogP contribution in [0.15, 0.2) is 24.3 Å². The zero-order valence-corrected chi connectivity index (χ0v) is 15.0. The number of benzene rings is 1. The molecule has 1 saturated heterocycles. The van der Waals surface area contributed by atoms with Crippen LogP contribution in [0.2, 0.25) is 0 Å². The number of piperidine rings is 1. The number of esters is 1. The van der Waals surface area contributed by atoms with Gasteiger partial charge in [-0.3, -0.25) is 4.79 Å². The van der Waals surface area contributed by atoms with Crippen molar-refractivity contribution >= 4 is 27.4 Å². The number of hydrogen-bond donors (Lipinski definition) is 2. The van der Waals surface area contributed by atoms with Gasteiger partial charge in [-0.25, -0.2) is 13.2 Å². The maximum Gasteiger partial charge on any atom is 0.343 e. The van der Waals surface area contributed by atoms with Gasteiger partial charge in [-0.15, -0.1) is 0 Å². The van der Waals surface area contributed by atoms with Gasteiger partial charge >= 0.3 is 5.97 Å². The van der Waals surface area contributed by atoms with Gasteiger partial charge in [0.2, 0.25) is 5.91 Å². The molecule has 1 aromatic rings. The Labute approximate surface area is 146 Å². The molecule has 0 aliphatic carbocycles. The maximum absolute atomic E-state index is 12.7. The van der Waals surface area contributed by atoms with Crippen molar-refractivity contribution in [3.05, 3.63) is 24.3 Å². The van der Waals surface area contributed by atoms with Crippen LogP contribution in [-0.4, -0.2) is 58.1 Å². The van der Waals surface area contributed by atoms with Crippen molar-refractivity contribution in [3.63, 3.8) is 0 Å². The Morgan fingerprint density at radius 1 is 1.28 bits per heavy atom. The Kier molecular flexibility index (Phi) is 6.02. The van der Waals surface area contributed by atoms with Gasteiger partial charge in [0, 0.05) is 18.0 Å². The number of ether oxygens (including phenoxy) is 2. The van der Waals surface area contributed by atoms with Crippen LogP contribution in [0.1, 0.15) is 12.8 Å². The smallest absolute Gasteiger partial charge is 0.343 e. The summed E-state index contributed by atoms with van der Waals surface area (Å²) in [4.78, 5) is 23.8. The lowest BCUT2D eigenvalue weighted by molar-refractivity contribution is -0.142. The van der Waals surface area contributed by atoms with Gasteiger partial charge in [0.05, 0.1) is 7.11 Å². The van der Waals surface area contributed by atoms with Gasteiger partial charge in [0.15, 0.2) is 21.2 Å². The lowest BCUT2D eigenvalue weighted by Crippen LogP contribution is -2.55. The summed E-state index contributed by atoms with van der Waals surface area (Å²) in [6, 6.07) is 6.41. The number of anilines is 1. The van der Waals surface area contributed by atoms with Gasteiger partial charge in [-0.1, -0.05) is 6.07 Å². The highest BCUT2D eigenvalue weighted by Gasteiger charge is 2.48. The fourth-order valence-electron chi connectivity index (χ4n) is 2.71. The van der Waals surface area contributed by atoms with Gasteiger partial charge in [0.25, 0.3) is 0 Å². The van der Waals surface area contributed by atoms with E-state index in [4.69, 9.17) is 4.74 Å². The first-order valence-corrected chi connectivity index (χ1v) is 9.69. The molecule has 25 heavy (non-hydrogen) atoms. The minimum Gasteiger partial charge on any atom is -0.482 e. The number of nitrogens with one attached hydrogen (secondary N) is 2. The van der Waals surface area contributed by atoms with E-state index in [-0.39, 0.29) is 19.4 Å². The molecule has 138 valence electrons. The first kappa shape index (κ1) is 19.2. The van der Waals surface area contributed by atoms with Crippen LogP contribution in [0.4, 0.5) is 5.69 Å². The summed E-state index contributed by atoms with van der Waals surface area (Å²) < 4.78 is 32.8. The van der Waals surface area contributed by atoms with Crippen LogP contribution in [0.3, 0.4) is 0 Å². The number of carbonyl (C=O) groups excluding carboxylic acids is 2. The van der Waals surface area contributed by atoms with E-state index >= 15 is 0 Å². The van der Waals surface area contributed by atoms with Crippen LogP contribution in [0.25, 0.3) is 0 Å². The van der Waals surface area contributed by atoms with E-state index in [1.165, 1.54) is 13.2 Å². The second-order valence-corrected chi connectivity index (χ2v) is 8.19. The number of methoxy groups -OCH3 is 1. The first-order chi connectivity index (χ1) is 11.8. The topological polar surface area (TPSA) is 111 Å². The lowest BCUT2D eigenvalue weighted by atomic mass is 9.95. The van der Waals surface area contributed by atoms with Crippen molar-refractivity contribution in [2.75, 3.05) is 38.4 Å². The fraction of sp³-hybridized carbons (Fsp3) is 0.500. The predicted molar refractivity (Wildman–Crippen MR) is 92.3 cm³/mol. The average Bonchev–Trinajstić information content (AvgIpc) is 2.59. The van der Waals surface area contributed by atoms with Crippen molar-refractivity contribution in [3.8, 4) is 5.75 Å². The molecule has 0 aromatic heterocycles. The van der Waals surface area contributed by atoms with Crippen molar-refractivity contribution in [1.29, 1.82) is 0 Å². The van der Waals surface area contributed by atoms with Crippen LogP contribution < -0.4 is 15.4 Å². The summed E-state index contributed by atoms with van der Waals surface area (Å²) in [7, 11) is -2.33. The molecular formula is C16H22N2O6S. The number of hydrogen-bond acceptors (Lipinski definition) is 7.